The Labute approximate surface area is 141 Å². The number of halogens is 1. The van der Waals surface area contributed by atoms with Crippen LogP contribution < -0.4 is 10.1 Å². The maximum absolute atomic E-state index is 11.9. The third-order valence-corrected chi connectivity index (χ3v) is 4.09. The van der Waals surface area contributed by atoms with Gasteiger partial charge in [-0.3, -0.25) is 9.79 Å². The van der Waals surface area contributed by atoms with Crippen LogP contribution in [0.5, 0.6) is 5.75 Å². The zero-order chi connectivity index (χ0) is 16.4. The Morgan fingerprint density at radius 2 is 2.17 bits per heavy atom. The van der Waals surface area contributed by atoms with Crippen LogP contribution in [0.15, 0.2) is 45.9 Å². The first-order valence-electron chi connectivity index (χ1n) is 6.85. The highest BCUT2D eigenvalue weighted by atomic mass is 79.9. The quantitative estimate of drug-likeness (QED) is 0.883. The topological polar surface area (TPSA) is 74.5 Å². The predicted octanol–water partition coefficient (Wildman–Crippen LogP) is 3.12. The van der Waals surface area contributed by atoms with Crippen LogP contribution in [0.4, 0.5) is 5.69 Å². The van der Waals surface area contributed by atoms with Gasteiger partial charge in [0.25, 0.3) is 0 Å². The Balaban J connectivity index is 2.20. The third-order valence-electron chi connectivity index (χ3n) is 3.47. The van der Waals surface area contributed by atoms with E-state index in [2.05, 4.69) is 32.3 Å². The fraction of sp³-hybridized carbons (Fsp3) is 0.118. The Bertz CT molecular complexity index is 869. The number of rotatable bonds is 2. The number of carbonyl (C=O) groups is 1. The molecule has 0 aromatic heterocycles. The summed E-state index contributed by atoms with van der Waals surface area (Å²) in [6, 6.07) is 12.9. The number of nitrogens with one attached hydrogen (secondary N) is 1. The molecule has 0 atom stereocenters. The summed E-state index contributed by atoms with van der Waals surface area (Å²) in [4.78, 5) is 16.3. The Morgan fingerprint density at radius 1 is 1.35 bits per heavy atom. The number of hydrogen-bond acceptors (Lipinski definition) is 4. The van der Waals surface area contributed by atoms with E-state index >= 15 is 0 Å². The number of aliphatic imine (C=N–C) groups is 1. The van der Waals surface area contributed by atoms with E-state index < -0.39 is 0 Å². The Kier molecular flexibility index (Phi) is 4.13. The first kappa shape index (κ1) is 15.3. The summed E-state index contributed by atoms with van der Waals surface area (Å²) in [5.74, 6) is 0.429. The van der Waals surface area contributed by atoms with Gasteiger partial charge < -0.3 is 10.1 Å². The summed E-state index contributed by atoms with van der Waals surface area (Å²) in [5, 5.41) is 11.9. The fourth-order valence-electron chi connectivity index (χ4n) is 2.42. The second-order valence-electron chi connectivity index (χ2n) is 4.94. The van der Waals surface area contributed by atoms with Gasteiger partial charge in [-0.15, -0.1) is 0 Å². The molecule has 0 saturated carbocycles. The molecular formula is C17H12BrN3O2. The van der Waals surface area contributed by atoms with Crippen LogP contribution >= 0.6 is 15.9 Å². The van der Waals surface area contributed by atoms with Gasteiger partial charge in [0.1, 0.15) is 12.3 Å². The van der Waals surface area contributed by atoms with Crippen molar-refractivity contribution in [3.8, 4) is 11.8 Å². The van der Waals surface area contributed by atoms with Crippen LogP contribution in [0.3, 0.4) is 0 Å². The molecule has 1 aliphatic rings. The molecule has 3 rings (SSSR count). The van der Waals surface area contributed by atoms with Gasteiger partial charge in [0, 0.05) is 17.2 Å². The number of hydrogen-bond donors (Lipinski definition) is 1. The average Bonchev–Trinajstić information content (AvgIpc) is 2.72. The molecule has 2 aromatic carbocycles. The van der Waals surface area contributed by atoms with Crippen molar-refractivity contribution < 1.29 is 9.53 Å². The molecule has 0 fully saturated rings. The zero-order valence-electron chi connectivity index (χ0n) is 12.3. The van der Waals surface area contributed by atoms with Crippen molar-refractivity contribution in [2.24, 2.45) is 4.99 Å². The molecule has 2 aromatic rings. The first-order valence-corrected chi connectivity index (χ1v) is 7.64. The molecule has 0 spiro atoms. The number of amides is 1. The van der Waals surface area contributed by atoms with E-state index in [4.69, 9.17) is 10.00 Å². The number of nitriles is 1. The van der Waals surface area contributed by atoms with Crippen molar-refractivity contribution in [1.82, 2.24) is 0 Å². The molecule has 1 aliphatic heterocycles. The number of fused-ring (bicyclic) bond motifs is 1. The molecule has 6 heteroatoms. The number of benzodiazepines with no additional fused rings is 1. The first-order chi connectivity index (χ1) is 11.1. The van der Waals surface area contributed by atoms with Gasteiger partial charge >= 0.3 is 0 Å². The van der Waals surface area contributed by atoms with E-state index in [9.17, 15) is 4.79 Å². The van der Waals surface area contributed by atoms with Crippen LogP contribution in [-0.4, -0.2) is 25.3 Å². The summed E-state index contributed by atoms with van der Waals surface area (Å²) in [6.07, 6.45) is 0. The number of nitrogens with zero attached hydrogens (tertiary/aromatic N) is 2. The summed E-state index contributed by atoms with van der Waals surface area (Å²) in [5.41, 5.74) is 3.41. The standard InChI is InChI=1S/C17H12BrN3O2/c1-23-15-7-14-12(6-13(15)18)17(20-9-16(22)21-14)11-4-2-3-10(5-11)8-19/h2-7H,9H2,1H3,(H,21,22). The maximum Gasteiger partial charge on any atom is 0.246 e. The molecule has 0 radical (unpaired) electrons. The lowest BCUT2D eigenvalue weighted by atomic mass is 9.99. The van der Waals surface area contributed by atoms with E-state index in [1.165, 1.54) is 0 Å². The molecule has 0 aliphatic carbocycles. The van der Waals surface area contributed by atoms with Crippen LogP contribution in [0, 0.1) is 11.3 Å². The predicted molar refractivity (Wildman–Crippen MR) is 91.0 cm³/mol. The largest absolute Gasteiger partial charge is 0.495 e. The van der Waals surface area contributed by atoms with Gasteiger partial charge in [-0.1, -0.05) is 12.1 Å². The zero-order valence-corrected chi connectivity index (χ0v) is 13.8. The van der Waals surface area contributed by atoms with Gasteiger partial charge in [0.15, 0.2) is 0 Å². The smallest absolute Gasteiger partial charge is 0.246 e. The van der Waals surface area contributed by atoms with E-state index in [1.807, 2.05) is 12.1 Å². The normalized spacial score (nSPS) is 13.3. The minimum Gasteiger partial charge on any atom is -0.495 e. The molecule has 0 bridgehead atoms. The second-order valence-corrected chi connectivity index (χ2v) is 5.79. The van der Waals surface area contributed by atoms with E-state index in [1.54, 1.807) is 31.4 Å². The number of methoxy groups -OCH3 is 1. The SMILES string of the molecule is COc1cc2c(cc1Br)C(c1cccc(C#N)c1)=NCC(=O)N2. The van der Waals surface area contributed by atoms with Crippen LogP contribution in [0.1, 0.15) is 16.7 Å². The minimum absolute atomic E-state index is 0.0285. The maximum atomic E-state index is 11.9. The van der Waals surface area contributed by atoms with E-state index in [0.29, 0.717) is 22.7 Å². The Morgan fingerprint density at radius 3 is 2.91 bits per heavy atom. The third kappa shape index (κ3) is 2.96. The molecule has 1 heterocycles. The van der Waals surface area contributed by atoms with Crippen molar-refractivity contribution in [2.75, 3.05) is 19.0 Å². The van der Waals surface area contributed by atoms with Crippen molar-refractivity contribution >= 4 is 33.2 Å². The summed E-state index contributed by atoms with van der Waals surface area (Å²) in [6.45, 7) is 0.0285. The molecule has 0 saturated heterocycles. The monoisotopic (exact) mass is 369 g/mol. The molecule has 1 amide bonds. The lowest BCUT2D eigenvalue weighted by Gasteiger charge is -2.13. The molecule has 114 valence electrons. The van der Waals surface area contributed by atoms with Gasteiger partial charge in [0.05, 0.1) is 34.6 Å². The second kappa shape index (κ2) is 6.23. The highest BCUT2D eigenvalue weighted by Crippen LogP contribution is 2.34. The number of ether oxygens (including phenoxy) is 1. The van der Waals surface area contributed by atoms with Crippen LogP contribution in [0.2, 0.25) is 0 Å². The van der Waals surface area contributed by atoms with E-state index in [-0.39, 0.29) is 12.5 Å². The van der Waals surface area contributed by atoms with Gasteiger partial charge in [-0.05, 0) is 34.1 Å². The molecule has 0 unspecified atom stereocenters. The van der Waals surface area contributed by atoms with Gasteiger partial charge in [-0.25, -0.2) is 0 Å². The summed E-state index contributed by atoms with van der Waals surface area (Å²) in [7, 11) is 1.57. The lowest BCUT2D eigenvalue weighted by Crippen LogP contribution is -2.13. The van der Waals surface area contributed by atoms with Crippen molar-refractivity contribution in [3.05, 3.63) is 57.6 Å². The number of anilines is 1. The highest BCUT2D eigenvalue weighted by molar-refractivity contribution is 9.10. The van der Waals surface area contributed by atoms with Gasteiger partial charge in [-0.2, -0.15) is 5.26 Å². The molecular weight excluding hydrogens is 358 g/mol. The molecule has 1 N–H and O–H groups in total. The summed E-state index contributed by atoms with van der Waals surface area (Å²) >= 11 is 3.46. The fourth-order valence-corrected chi connectivity index (χ4v) is 2.92. The number of benzene rings is 2. The molecule has 5 nitrogen and oxygen atoms in total. The van der Waals surface area contributed by atoms with Crippen LogP contribution in [-0.2, 0) is 4.79 Å². The van der Waals surface area contributed by atoms with E-state index in [0.717, 1.165) is 15.6 Å². The van der Waals surface area contributed by atoms with Crippen molar-refractivity contribution in [1.29, 1.82) is 5.26 Å². The lowest BCUT2D eigenvalue weighted by molar-refractivity contribution is -0.114. The minimum atomic E-state index is -0.193. The van der Waals surface area contributed by atoms with Gasteiger partial charge in [0.2, 0.25) is 5.91 Å². The Hall–Kier alpha value is -2.65. The number of carbonyl (C=O) groups excluding carboxylic acids is 1. The van der Waals surface area contributed by atoms with Crippen molar-refractivity contribution in [3.63, 3.8) is 0 Å². The highest BCUT2D eigenvalue weighted by Gasteiger charge is 2.20. The summed E-state index contributed by atoms with van der Waals surface area (Å²) < 4.78 is 6.05. The van der Waals surface area contributed by atoms with Crippen molar-refractivity contribution in [2.45, 2.75) is 0 Å². The van der Waals surface area contributed by atoms with Crippen LogP contribution in [0.25, 0.3) is 0 Å². The molecule has 23 heavy (non-hydrogen) atoms. The average molecular weight is 370 g/mol.